The maximum absolute atomic E-state index is 12.0. The van der Waals surface area contributed by atoms with E-state index in [2.05, 4.69) is 15.5 Å². The first-order valence-corrected chi connectivity index (χ1v) is 7.73. The molecule has 0 aromatic heterocycles. The van der Waals surface area contributed by atoms with Crippen LogP contribution in [0.5, 0.6) is 0 Å². The van der Waals surface area contributed by atoms with E-state index < -0.39 is 6.04 Å². The number of benzene rings is 1. The lowest BCUT2D eigenvalue weighted by Gasteiger charge is -2.14. The average molecular weight is 377 g/mol. The third-order valence-electron chi connectivity index (χ3n) is 3.74. The van der Waals surface area contributed by atoms with Gasteiger partial charge in [0.2, 0.25) is 5.91 Å². The Balaban J connectivity index is 0.00000264. The molecule has 2 rings (SSSR count). The molecule has 136 valence electrons. The number of nitrogens with zero attached hydrogens (tertiary/aromatic N) is 1. The molecule has 0 spiro atoms. The van der Waals surface area contributed by atoms with E-state index in [1.807, 2.05) is 0 Å². The van der Waals surface area contributed by atoms with Crippen LogP contribution in [0.2, 0.25) is 0 Å². The van der Waals surface area contributed by atoms with Crippen molar-refractivity contribution >= 4 is 42.3 Å². The zero-order chi connectivity index (χ0) is 15.9. The fourth-order valence-corrected chi connectivity index (χ4v) is 2.40. The molecule has 0 aliphatic carbocycles. The maximum Gasteiger partial charge on any atom is 0.251 e. The SMILES string of the molecule is CC(N)C(=O)Nc1ccc(C(=O)NCCN2CCCC2)cc1.Cl.Cl. The highest BCUT2D eigenvalue weighted by atomic mass is 35.5. The molecule has 1 aromatic carbocycles. The minimum absolute atomic E-state index is 0. The molecule has 1 aliphatic rings. The highest BCUT2D eigenvalue weighted by Gasteiger charge is 2.12. The number of hydrogen-bond acceptors (Lipinski definition) is 4. The van der Waals surface area contributed by atoms with E-state index in [9.17, 15) is 9.59 Å². The highest BCUT2D eigenvalue weighted by Crippen LogP contribution is 2.10. The molecule has 24 heavy (non-hydrogen) atoms. The van der Waals surface area contributed by atoms with Crippen LogP contribution in [0.4, 0.5) is 5.69 Å². The van der Waals surface area contributed by atoms with E-state index in [0.717, 1.165) is 19.6 Å². The molecular weight excluding hydrogens is 351 g/mol. The summed E-state index contributed by atoms with van der Waals surface area (Å²) in [5.74, 6) is -0.341. The number of carbonyl (C=O) groups excluding carboxylic acids is 2. The van der Waals surface area contributed by atoms with Gasteiger partial charge in [-0.05, 0) is 57.1 Å². The van der Waals surface area contributed by atoms with E-state index in [0.29, 0.717) is 17.8 Å². The number of halogens is 2. The first kappa shape index (κ1) is 22.7. The van der Waals surface area contributed by atoms with Gasteiger partial charge in [0.25, 0.3) is 5.91 Å². The smallest absolute Gasteiger partial charge is 0.251 e. The van der Waals surface area contributed by atoms with E-state index in [1.165, 1.54) is 12.8 Å². The summed E-state index contributed by atoms with van der Waals surface area (Å²) in [4.78, 5) is 25.9. The Hall–Kier alpha value is -1.34. The van der Waals surface area contributed by atoms with Gasteiger partial charge in [-0.2, -0.15) is 0 Å². The fraction of sp³-hybridized carbons (Fsp3) is 0.500. The Labute approximate surface area is 155 Å². The third-order valence-corrected chi connectivity index (χ3v) is 3.74. The lowest BCUT2D eigenvalue weighted by atomic mass is 10.2. The fourth-order valence-electron chi connectivity index (χ4n) is 2.40. The molecule has 1 heterocycles. The molecular formula is C16H26Cl2N4O2. The molecule has 1 unspecified atom stereocenters. The molecule has 1 saturated heterocycles. The molecule has 2 amide bonds. The van der Waals surface area contributed by atoms with Crippen LogP contribution in [0.1, 0.15) is 30.1 Å². The first-order chi connectivity index (χ1) is 10.6. The van der Waals surface area contributed by atoms with Crippen molar-refractivity contribution in [1.82, 2.24) is 10.2 Å². The van der Waals surface area contributed by atoms with E-state index in [-0.39, 0.29) is 36.6 Å². The Morgan fingerprint density at radius 2 is 1.75 bits per heavy atom. The van der Waals surface area contributed by atoms with Crippen molar-refractivity contribution < 1.29 is 9.59 Å². The molecule has 4 N–H and O–H groups in total. The lowest BCUT2D eigenvalue weighted by Crippen LogP contribution is -2.33. The van der Waals surface area contributed by atoms with Gasteiger partial charge in [-0.25, -0.2) is 0 Å². The highest BCUT2D eigenvalue weighted by molar-refractivity contribution is 5.96. The summed E-state index contributed by atoms with van der Waals surface area (Å²) in [6.07, 6.45) is 2.51. The third kappa shape index (κ3) is 7.05. The number of likely N-dealkylation sites (tertiary alicyclic amines) is 1. The zero-order valence-electron chi connectivity index (χ0n) is 13.8. The second-order valence-corrected chi connectivity index (χ2v) is 5.66. The molecule has 8 heteroatoms. The van der Waals surface area contributed by atoms with Crippen molar-refractivity contribution in [3.05, 3.63) is 29.8 Å². The van der Waals surface area contributed by atoms with Crippen LogP contribution in [0.3, 0.4) is 0 Å². The van der Waals surface area contributed by atoms with E-state index in [4.69, 9.17) is 5.73 Å². The summed E-state index contributed by atoms with van der Waals surface area (Å²) in [6, 6.07) is 6.24. The maximum atomic E-state index is 12.0. The molecule has 0 saturated carbocycles. The topological polar surface area (TPSA) is 87.5 Å². The van der Waals surface area contributed by atoms with Crippen molar-refractivity contribution in [2.75, 3.05) is 31.5 Å². The summed E-state index contributed by atoms with van der Waals surface area (Å²) in [6.45, 7) is 5.43. The largest absolute Gasteiger partial charge is 0.351 e. The Morgan fingerprint density at radius 3 is 2.29 bits per heavy atom. The number of amides is 2. The van der Waals surface area contributed by atoms with Crippen LogP contribution in [0.15, 0.2) is 24.3 Å². The summed E-state index contributed by atoms with van der Waals surface area (Å²) in [5.41, 5.74) is 6.71. The monoisotopic (exact) mass is 376 g/mol. The quantitative estimate of drug-likeness (QED) is 0.704. The minimum Gasteiger partial charge on any atom is -0.351 e. The van der Waals surface area contributed by atoms with Gasteiger partial charge >= 0.3 is 0 Å². The van der Waals surface area contributed by atoms with Gasteiger partial charge in [0.15, 0.2) is 0 Å². The number of anilines is 1. The van der Waals surface area contributed by atoms with Crippen molar-refractivity contribution in [3.63, 3.8) is 0 Å². The van der Waals surface area contributed by atoms with Crippen molar-refractivity contribution in [2.24, 2.45) is 5.73 Å². The van der Waals surface area contributed by atoms with Crippen LogP contribution >= 0.6 is 24.8 Å². The van der Waals surface area contributed by atoms with Crippen LogP contribution in [-0.4, -0.2) is 48.9 Å². The van der Waals surface area contributed by atoms with Crippen LogP contribution in [0, 0.1) is 0 Å². The second kappa shape index (κ2) is 11.3. The number of nitrogens with two attached hydrogens (primary N) is 1. The van der Waals surface area contributed by atoms with E-state index in [1.54, 1.807) is 31.2 Å². The zero-order valence-corrected chi connectivity index (χ0v) is 15.4. The number of hydrogen-bond donors (Lipinski definition) is 3. The van der Waals surface area contributed by atoms with Gasteiger partial charge in [0.05, 0.1) is 6.04 Å². The first-order valence-electron chi connectivity index (χ1n) is 7.73. The molecule has 1 atom stereocenters. The number of carbonyl (C=O) groups is 2. The normalized spacial score (nSPS) is 14.9. The molecule has 1 fully saturated rings. The standard InChI is InChI=1S/C16H24N4O2.2ClH/c1-12(17)15(21)19-14-6-4-13(5-7-14)16(22)18-8-11-20-9-2-3-10-20;;/h4-7,12H,2-3,8-11,17H2,1H3,(H,18,22)(H,19,21);2*1H. The molecule has 6 nitrogen and oxygen atoms in total. The Kier molecular flexibility index (Phi) is 10.6. The van der Waals surface area contributed by atoms with Gasteiger partial charge in [-0.1, -0.05) is 0 Å². The molecule has 0 radical (unpaired) electrons. The van der Waals surface area contributed by atoms with Gasteiger partial charge in [-0.15, -0.1) is 24.8 Å². The summed E-state index contributed by atoms with van der Waals surface area (Å²) in [5, 5.41) is 5.60. The van der Waals surface area contributed by atoms with Crippen LogP contribution < -0.4 is 16.4 Å². The van der Waals surface area contributed by atoms with Gasteiger partial charge in [-0.3, -0.25) is 9.59 Å². The predicted molar refractivity (Wildman–Crippen MR) is 101 cm³/mol. The molecule has 1 aliphatic heterocycles. The van der Waals surface area contributed by atoms with Gasteiger partial charge < -0.3 is 21.3 Å². The summed E-state index contributed by atoms with van der Waals surface area (Å²) >= 11 is 0. The molecule has 0 bridgehead atoms. The average Bonchev–Trinajstić information content (AvgIpc) is 3.01. The Bertz CT molecular complexity index is 517. The molecule has 1 aromatic rings. The van der Waals surface area contributed by atoms with Gasteiger partial charge in [0.1, 0.15) is 0 Å². The van der Waals surface area contributed by atoms with E-state index >= 15 is 0 Å². The van der Waals surface area contributed by atoms with Crippen molar-refractivity contribution in [3.8, 4) is 0 Å². The second-order valence-electron chi connectivity index (χ2n) is 5.66. The predicted octanol–water partition coefficient (Wildman–Crippen LogP) is 1.64. The number of nitrogens with one attached hydrogen (secondary N) is 2. The van der Waals surface area contributed by atoms with Crippen LogP contribution in [0.25, 0.3) is 0 Å². The minimum atomic E-state index is -0.562. The van der Waals surface area contributed by atoms with Crippen LogP contribution in [-0.2, 0) is 4.79 Å². The van der Waals surface area contributed by atoms with Crippen molar-refractivity contribution in [2.45, 2.75) is 25.8 Å². The van der Waals surface area contributed by atoms with Gasteiger partial charge in [0, 0.05) is 24.3 Å². The summed E-state index contributed by atoms with van der Waals surface area (Å²) < 4.78 is 0. The summed E-state index contributed by atoms with van der Waals surface area (Å²) in [7, 11) is 0. The van der Waals surface area contributed by atoms with Crippen molar-refractivity contribution in [1.29, 1.82) is 0 Å². The lowest BCUT2D eigenvalue weighted by molar-refractivity contribution is -0.117. The Morgan fingerprint density at radius 1 is 1.17 bits per heavy atom. The number of rotatable bonds is 6.